The maximum absolute atomic E-state index is 9.24. The van der Waals surface area contributed by atoms with Crippen molar-refractivity contribution in [3.05, 3.63) is 18.3 Å². The van der Waals surface area contributed by atoms with Crippen LogP contribution in [0.5, 0.6) is 0 Å². The minimum absolute atomic E-state index is 0.00632. The lowest BCUT2D eigenvalue weighted by Crippen LogP contribution is -2.25. The number of ether oxygens (including phenoxy) is 1. The summed E-state index contributed by atoms with van der Waals surface area (Å²) in [6.07, 6.45) is 2.51. The zero-order valence-electron chi connectivity index (χ0n) is 10.4. The van der Waals surface area contributed by atoms with Crippen molar-refractivity contribution in [3.8, 4) is 0 Å². The van der Waals surface area contributed by atoms with Gasteiger partial charge in [-0.15, -0.1) is 0 Å². The van der Waals surface area contributed by atoms with Crippen molar-refractivity contribution in [2.75, 3.05) is 37.5 Å². The van der Waals surface area contributed by atoms with Gasteiger partial charge in [-0.25, -0.2) is 4.98 Å². The molecule has 0 saturated heterocycles. The van der Waals surface area contributed by atoms with Gasteiger partial charge in [-0.2, -0.15) is 0 Å². The van der Waals surface area contributed by atoms with Gasteiger partial charge < -0.3 is 20.5 Å². The molecule has 17 heavy (non-hydrogen) atoms. The van der Waals surface area contributed by atoms with Gasteiger partial charge in [0.1, 0.15) is 5.82 Å². The maximum Gasteiger partial charge on any atom is 0.127 e. The molecule has 3 N–H and O–H groups in total. The van der Waals surface area contributed by atoms with Crippen LogP contribution in [0.1, 0.15) is 13.3 Å². The van der Waals surface area contributed by atoms with Crippen LogP contribution in [0.25, 0.3) is 0 Å². The summed E-state index contributed by atoms with van der Waals surface area (Å²) >= 11 is 0. The molecule has 1 aromatic heterocycles. The number of anilines is 2. The number of nitrogens with one attached hydrogen (secondary N) is 2. The summed E-state index contributed by atoms with van der Waals surface area (Å²) in [5.74, 6) is 0.834. The van der Waals surface area contributed by atoms with Crippen LogP contribution < -0.4 is 10.6 Å². The van der Waals surface area contributed by atoms with Crippen LogP contribution >= 0.6 is 0 Å². The van der Waals surface area contributed by atoms with Crippen molar-refractivity contribution in [2.45, 2.75) is 19.4 Å². The standard InChI is InChI=1S/C12H21N3O2/c1-3-13-12-8-10(4-6-14-12)15-11(9-16)5-7-17-2/h4,6,8,11,16H,3,5,7,9H2,1-2H3,(H2,13,14,15). The SMILES string of the molecule is CCNc1cc(NC(CO)CCOC)ccn1. The highest BCUT2D eigenvalue weighted by molar-refractivity contribution is 5.52. The van der Waals surface area contributed by atoms with E-state index in [4.69, 9.17) is 4.74 Å². The van der Waals surface area contributed by atoms with Gasteiger partial charge in [-0.05, 0) is 19.4 Å². The van der Waals surface area contributed by atoms with Gasteiger partial charge in [0.15, 0.2) is 0 Å². The largest absolute Gasteiger partial charge is 0.394 e. The Morgan fingerprint density at radius 3 is 3.00 bits per heavy atom. The third-order valence-electron chi connectivity index (χ3n) is 2.38. The van der Waals surface area contributed by atoms with E-state index < -0.39 is 0 Å². The molecule has 0 aliphatic heterocycles. The number of rotatable bonds is 8. The topological polar surface area (TPSA) is 66.4 Å². The second kappa shape index (κ2) is 7.86. The van der Waals surface area contributed by atoms with E-state index in [1.165, 1.54) is 0 Å². The molecular weight excluding hydrogens is 218 g/mol. The van der Waals surface area contributed by atoms with Crippen molar-refractivity contribution in [2.24, 2.45) is 0 Å². The Labute approximate surface area is 102 Å². The van der Waals surface area contributed by atoms with Crippen LogP contribution in [0.15, 0.2) is 18.3 Å². The lowest BCUT2D eigenvalue weighted by atomic mass is 10.2. The van der Waals surface area contributed by atoms with Crippen LogP contribution in [0.2, 0.25) is 0 Å². The molecule has 0 spiro atoms. The van der Waals surface area contributed by atoms with E-state index >= 15 is 0 Å². The number of aliphatic hydroxyl groups is 1. The molecule has 0 bridgehead atoms. The van der Waals surface area contributed by atoms with Gasteiger partial charge in [0.25, 0.3) is 0 Å². The van der Waals surface area contributed by atoms with Gasteiger partial charge in [-0.1, -0.05) is 0 Å². The fourth-order valence-electron chi connectivity index (χ4n) is 1.50. The first-order chi connectivity index (χ1) is 8.30. The van der Waals surface area contributed by atoms with Crippen LogP contribution in [-0.2, 0) is 4.74 Å². The van der Waals surface area contributed by atoms with Crippen LogP contribution in [0.3, 0.4) is 0 Å². The molecule has 1 heterocycles. The molecule has 0 radical (unpaired) electrons. The minimum Gasteiger partial charge on any atom is -0.394 e. The Hall–Kier alpha value is -1.33. The Morgan fingerprint density at radius 1 is 1.53 bits per heavy atom. The average Bonchev–Trinajstić information content (AvgIpc) is 2.35. The predicted octanol–water partition coefficient (Wildman–Crippen LogP) is 1.32. The number of hydrogen-bond donors (Lipinski definition) is 3. The molecule has 1 aromatic rings. The van der Waals surface area contributed by atoms with E-state index in [2.05, 4.69) is 15.6 Å². The Kier molecular flexibility index (Phi) is 6.35. The van der Waals surface area contributed by atoms with Gasteiger partial charge in [-0.3, -0.25) is 0 Å². The average molecular weight is 239 g/mol. The van der Waals surface area contributed by atoms with Crippen molar-refractivity contribution >= 4 is 11.5 Å². The fourth-order valence-corrected chi connectivity index (χ4v) is 1.50. The highest BCUT2D eigenvalue weighted by Crippen LogP contribution is 2.13. The zero-order chi connectivity index (χ0) is 12.5. The minimum atomic E-state index is 0.00632. The number of methoxy groups -OCH3 is 1. The Bertz CT molecular complexity index is 320. The van der Waals surface area contributed by atoms with Crippen molar-refractivity contribution in [1.82, 2.24) is 4.98 Å². The van der Waals surface area contributed by atoms with Gasteiger partial charge in [0.2, 0.25) is 0 Å². The number of aromatic nitrogens is 1. The van der Waals surface area contributed by atoms with E-state index in [1.807, 2.05) is 19.1 Å². The smallest absolute Gasteiger partial charge is 0.127 e. The molecule has 1 unspecified atom stereocenters. The molecule has 0 saturated carbocycles. The lowest BCUT2D eigenvalue weighted by molar-refractivity contribution is 0.174. The van der Waals surface area contributed by atoms with Crippen LogP contribution in [-0.4, -0.2) is 43.0 Å². The number of hydrogen-bond acceptors (Lipinski definition) is 5. The van der Waals surface area contributed by atoms with Crippen molar-refractivity contribution < 1.29 is 9.84 Å². The molecule has 0 amide bonds. The summed E-state index contributed by atoms with van der Waals surface area (Å²) in [4.78, 5) is 4.19. The summed E-state index contributed by atoms with van der Waals surface area (Å²) in [5.41, 5.74) is 0.950. The second-order valence-electron chi connectivity index (χ2n) is 3.77. The Morgan fingerprint density at radius 2 is 2.35 bits per heavy atom. The highest BCUT2D eigenvalue weighted by Gasteiger charge is 2.07. The molecule has 1 atom stereocenters. The molecular formula is C12H21N3O2. The van der Waals surface area contributed by atoms with Crippen LogP contribution in [0, 0.1) is 0 Å². The molecule has 0 aromatic carbocycles. The Balaban J connectivity index is 2.55. The fraction of sp³-hybridized carbons (Fsp3) is 0.583. The van der Waals surface area contributed by atoms with E-state index in [1.54, 1.807) is 13.3 Å². The summed E-state index contributed by atoms with van der Waals surface area (Å²) in [6.45, 7) is 3.58. The molecule has 5 heteroatoms. The van der Waals surface area contributed by atoms with Gasteiger partial charge >= 0.3 is 0 Å². The summed E-state index contributed by atoms with van der Waals surface area (Å²) in [6, 6.07) is 3.82. The van der Waals surface area contributed by atoms with E-state index in [9.17, 15) is 5.11 Å². The van der Waals surface area contributed by atoms with Gasteiger partial charge in [0.05, 0.1) is 12.6 Å². The summed E-state index contributed by atoms with van der Waals surface area (Å²) in [7, 11) is 1.66. The lowest BCUT2D eigenvalue weighted by Gasteiger charge is -2.17. The molecule has 96 valence electrons. The maximum atomic E-state index is 9.24. The number of nitrogens with zero attached hydrogens (tertiary/aromatic N) is 1. The van der Waals surface area contributed by atoms with Crippen molar-refractivity contribution in [1.29, 1.82) is 0 Å². The third-order valence-corrected chi connectivity index (χ3v) is 2.38. The normalized spacial score (nSPS) is 12.2. The summed E-state index contributed by atoms with van der Waals surface area (Å²) in [5, 5.41) is 15.6. The molecule has 0 aliphatic rings. The molecule has 1 rings (SSSR count). The first kappa shape index (κ1) is 13.7. The van der Waals surface area contributed by atoms with E-state index in [0.29, 0.717) is 6.61 Å². The summed E-state index contributed by atoms with van der Waals surface area (Å²) < 4.78 is 5.00. The van der Waals surface area contributed by atoms with Crippen molar-refractivity contribution in [3.63, 3.8) is 0 Å². The second-order valence-corrected chi connectivity index (χ2v) is 3.77. The molecule has 0 fully saturated rings. The highest BCUT2D eigenvalue weighted by atomic mass is 16.5. The monoisotopic (exact) mass is 239 g/mol. The first-order valence-corrected chi connectivity index (χ1v) is 5.86. The third kappa shape index (κ3) is 5.01. The number of pyridine rings is 1. The number of aliphatic hydroxyl groups excluding tert-OH is 1. The van der Waals surface area contributed by atoms with E-state index in [0.717, 1.165) is 24.5 Å². The van der Waals surface area contributed by atoms with Crippen LogP contribution in [0.4, 0.5) is 11.5 Å². The molecule has 0 aliphatic carbocycles. The molecule has 5 nitrogen and oxygen atoms in total. The van der Waals surface area contributed by atoms with E-state index in [-0.39, 0.29) is 12.6 Å². The first-order valence-electron chi connectivity index (χ1n) is 5.86. The predicted molar refractivity (Wildman–Crippen MR) is 69.4 cm³/mol. The van der Waals surface area contributed by atoms with Gasteiger partial charge in [0, 0.05) is 38.2 Å². The quantitative estimate of drug-likeness (QED) is 0.638. The zero-order valence-corrected chi connectivity index (χ0v) is 10.4.